The van der Waals surface area contributed by atoms with Crippen molar-refractivity contribution in [3.05, 3.63) is 48.4 Å². The van der Waals surface area contributed by atoms with Gasteiger partial charge in [-0.05, 0) is 24.3 Å². The second kappa shape index (κ2) is 5.03. The van der Waals surface area contributed by atoms with Crippen molar-refractivity contribution in [2.24, 2.45) is 0 Å². The highest BCUT2D eigenvalue weighted by Crippen LogP contribution is 2.32. The summed E-state index contributed by atoms with van der Waals surface area (Å²) in [6, 6.07) is 8.77. The molecule has 2 aromatic heterocycles. The third kappa shape index (κ3) is 2.22. The molecule has 0 atom stereocenters. The summed E-state index contributed by atoms with van der Waals surface area (Å²) in [5.41, 5.74) is 1.86. The van der Waals surface area contributed by atoms with Crippen molar-refractivity contribution in [2.45, 2.75) is 0 Å². The van der Waals surface area contributed by atoms with Crippen molar-refractivity contribution < 1.29 is 14.3 Å². The molecule has 3 heterocycles. The highest BCUT2D eigenvalue weighted by Gasteiger charge is 2.13. The number of ether oxygens (including phenoxy) is 2. The zero-order valence-electron chi connectivity index (χ0n) is 11.5. The van der Waals surface area contributed by atoms with Crippen molar-refractivity contribution in [1.82, 2.24) is 14.6 Å². The monoisotopic (exact) mass is 296 g/mol. The Kier molecular flexibility index (Phi) is 2.89. The Bertz CT molecular complexity index is 859. The van der Waals surface area contributed by atoms with Crippen LogP contribution in [0.3, 0.4) is 0 Å². The Morgan fingerprint density at radius 1 is 1.14 bits per heavy atom. The maximum atomic E-state index is 12.3. The van der Waals surface area contributed by atoms with Gasteiger partial charge in [0.05, 0.1) is 5.56 Å². The predicted octanol–water partition coefficient (Wildman–Crippen LogP) is 1.75. The largest absolute Gasteiger partial charge is 0.486 e. The fourth-order valence-corrected chi connectivity index (χ4v) is 2.29. The summed E-state index contributed by atoms with van der Waals surface area (Å²) in [7, 11) is 0. The number of nitrogens with zero attached hydrogens (tertiary/aromatic N) is 3. The standard InChI is InChI=1S/C15H12N4O3/c20-15(10-1-4-14-18-16-9-19(14)8-10)17-11-2-3-12-13(7-11)22-6-5-21-12/h1-4,7-9H,5-6H2,(H,17,20). The molecule has 4 rings (SSSR count). The molecule has 0 fully saturated rings. The van der Waals surface area contributed by atoms with E-state index >= 15 is 0 Å². The number of rotatable bonds is 2. The van der Waals surface area contributed by atoms with Gasteiger partial charge in [-0.25, -0.2) is 0 Å². The molecule has 7 heteroatoms. The Labute approximate surface area is 125 Å². The second-order valence-electron chi connectivity index (χ2n) is 4.83. The van der Waals surface area contributed by atoms with Crippen LogP contribution in [0.4, 0.5) is 5.69 Å². The number of hydrogen-bond acceptors (Lipinski definition) is 5. The predicted molar refractivity (Wildman–Crippen MR) is 78.4 cm³/mol. The number of fused-ring (bicyclic) bond motifs is 2. The highest BCUT2D eigenvalue weighted by atomic mass is 16.6. The van der Waals surface area contributed by atoms with Crippen LogP contribution in [0.15, 0.2) is 42.9 Å². The van der Waals surface area contributed by atoms with Crippen LogP contribution in [-0.2, 0) is 0 Å². The van der Waals surface area contributed by atoms with E-state index in [9.17, 15) is 4.79 Å². The summed E-state index contributed by atoms with van der Waals surface area (Å²) in [6.07, 6.45) is 3.23. The van der Waals surface area contributed by atoms with Gasteiger partial charge in [-0.2, -0.15) is 0 Å². The van der Waals surface area contributed by atoms with Crippen LogP contribution in [0.5, 0.6) is 11.5 Å². The topological polar surface area (TPSA) is 77.8 Å². The molecule has 110 valence electrons. The van der Waals surface area contributed by atoms with Crippen LogP contribution < -0.4 is 14.8 Å². The third-order valence-corrected chi connectivity index (χ3v) is 3.35. The molecule has 1 N–H and O–H groups in total. The first kappa shape index (κ1) is 12.6. The summed E-state index contributed by atoms with van der Waals surface area (Å²) in [4.78, 5) is 12.3. The van der Waals surface area contributed by atoms with Crippen LogP contribution in [0.25, 0.3) is 5.65 Å². The van der Waals surface area contributed by atoms with E-state index in [1.54, 1.807) is 47.3 Å². The second-order valence-corrected chi connectivity index (χ2v) is 4.83. The van der Waals surface area contributed by atoms with E-state index in [0.717, 1.165) is 0 Å². The number of aromatic nitrogens is 3. The van der Waals surface area contributed by atoms with Crippen LogP contribution in [0.1, 0.15) is 10.4 Å². The fraction of sp³-hybridized carbons (Fsp3) is 0.133. The van der Waals surface area contributed by atoms with Gasteiger partial charge in [0, 0.05) is 18.0 Å². The summed E-state index contributed by atoms with van der Waals surface area (Å²) in [6.45, 7) is 1.05. The van der Waals surface area contributed by atoms with Crippen molar-refractivity contribution >= 4 is 17.2 Å². The van der Waals surface area contributed by atoms with Crippen LogP contribution in [0.2, 0.25) is 0 Å². The van der Waals surface area contributed by atoms with Crippen molar-refractivity contribution in [1.29, 1.82) is 0 Å². The minimum atomic E-state index is -0.215. The first-order valence-electron chi connectivity index (χ1n) is 6.80. The Morgan fingerprint density at radius 3 is 2.91 bits per heavy atom. The van der Waals surface area contributed by atoms with Gasteiger partial charge in [-0.3, -0.25) is 9.20 Å². The average Bonchev–Trinajstić information content (AvgIpc) is 3.02. The first-order chi connectivity index (χ1) is 10.8. The Balaban J connectivity index is 1.58. The van der Waals surface area contributed by atoms with E-state index in [-0.39, 0.29) is 5.91 Å². The van der Waals surface area contributed by atoms with Gasteiger partial charge < -0.3 is 14.8 Å². The number of benzene rings is 1. The van der Waals surface area contributed by atoms with Crippen LogP contribution >= 0.6 is 0 Å². The first-order valence-corrected chi connectivity index (χ1v) is 6.80. The molecule has 7 nitrogen and oxygen atoms in total. The molecule has 0 saturated heterocycles. The highest BCUT2D eigenvalue weighted by molar-refractivity contribution is 6.04. The van der Waals surface area contributed by atoms with Gasteiger partial charge in [0.15, 0.2) is 17.1 Å². The fourth-order valence-electron chi connectivity index (χ4n) is 2.29. The Hall–Kier alpha value is -3.09. The number of amides is 1. The normalized spacial score (nSPS) is 13.1. The van der Waals surface area contributed by atoms with Gasteiger partial charge in [-0.1, -0.05) is 0 Å². The minimum Gasteiger partial charge on any atom is -0.486 e. The number of nitrogens with one attached hydrogen (secondary N) is 1. The molecule has 0 aliphatic carbocycles. The number of anilines is 1. The smallest absolute Gasteiger partial charge is 0.257 e. The third-order valence-electron chi connectivity index (χ3n) is 3.35. The minimum absolute atomic E-state index is 0.215. The lowest BCUT2D eigenvalue weighted by Gasteiger charge is -2.19. The molecule has 0 unspecified atom stereocenters. The molecular formula is C15H12N4O3. The summed E-state index contributed by atoms with van der Waals surface area (Å²) < 4.78 is 12.6. The van der Waals surface area contributed by atoms with Gasteiger partial charge in [0.25, 0.3) is 5.91 Å². The maximum absolute atomic E-state index is 12.3. The van der Waals surface area contributed by atoms with Gasteiger partial charge in [0.1, 0.15) is 19.5 Å². The zero-order valence-corrected chi connectivity index (χ0v) is 11.5. The molecule has 1 amide bonds. The van der Waals surface area contributed by atoms with Gasteiger partial charge in [-0.15, -0.1) is 10.2 Å². The lowest BCUT2D eigenvalue weighted by atomic mass is 10.2. The lowest BCUT2D eigenvalue weighted by molar-refractivity contribution is 0.102. The van der Waals surface area contributed by atoms with Crippen molar-refractivity contribution in [2.75, 3.05) is 18.5 Å². The van der Waals surface area contributed by atoms with Crippen LogP contribution in [-0.4, -0.2) is 33.7 Å². The molecule has 22 heavy (non-hydrogen) atoms. The van der Waals surface area contributed by atoms with E-state index in [0.29, 0.717) is 41.6 Å². The van der Waals surface area contributed by atoms with E-state index in [2.05, 4.69) is 15.5 Å². The quantitative estimate of drug-likeness (QED) is 0.779. The van der Waals surface area contributed by atoms with Crippen LogP contribution in [0, 0.1) is 0 Å². The SMILES string of the molecule is O=C(Nc1ccc2c(c1)OCCO2)c1ccc2nncn2c1. The van der Waals surface area contributed by atoms with Crippen molar-refractivity contribution in [3.8, 4) is 11.5 Å². The van der Waals surface area contributed by atoms with E-state index in [1.165, 1.54) is 0 Å². The molecular weight excluding hydrogens is 284 g/mol. The average molecular weight is 296 g/mol. The van der Waals surface area contributed by atoms with E-state index in [1.807, 2.05) is 0 Å². The molecule has 0 bridgehead atoms. The number of carbonyl (C=O) groups excluding carboxylic acids is 1. The van der Waals surface area contributed by atoms with E-state index < -0.39 is 0 Å². The number of hydrogen-bond donors (Lipinski definition) is 1. The molecule has 0 saturated carbocycles. The summed E-state index contributed by atoms with van der Waals surface area (Å²) >= 11 is 0. The Morgan fingerprint density at radius 2 is 2.00 bits per heavy atom. The molecule has 3 aromatic rings. The number of carbonyl (C=O) groups is 1. The van der Waals surface area contributed by atoms with Gasteiger partial charge >= 0.3 is 0 Å². The molecule has 1 aliphatic rings. The lowest BCUT2D eigenvalue weighted by Crippen LogP contribution is -2.16. The molecule has 1 aromatic carbocycles. The maximum Gasteiger partial charge on any atom is 0.257 e. The molecule has 1 aliphatic heterocycles. The number of pyridine rings is 1. The van der Waals surface area contributed by atoms with E-state index in [4.69, 9.17) is 9.47 Å². The van der Waals surface area contributed by atoms with Crippen molar-refractivity contribution in [3.63, 3.8) is 0 Å². The molecule has 0 spiro atoms. The van der Waals surface area contributed by atoms with Gasteiger partial charge in [0.2, 0.25) is 0 Å². The summed E-state index contributed by atoms with van der Waals surface area (Å²) in [5, 5.41) is 10.5. The summed E-state index contributed by atoms with van der Waals surface area (Å²) in [5.74, 6) is 1.11. The molecule has 0 radical (unpaired) electrons. The zero-order chi connectivity index (χ0) is 14.9.